The molecule has 1 aromatic heterocycles. The van der Waals surface area contributed by atoms with E-state index < -0.39 is 0 Å². The van der Waals surface area contributed by atoms with Crippen LogP contribution in [0.1, 0.15) is 28.3 Å². The summed E-state index contributed by atoms with van der Waals surface area (Å²) in [7, 11) is 0. The van der Waals surface area contributed by atoms with Crippen LogP contribution in [0.3, 0.4) is 0 Å². The number of thiophene rings is 1. The third-order valence-corrected chi connectivity index (χ3v) is 6.15. The van der Waals surface area contributed by atoms with Gasteiger partial charge in [-0.3, -0.25) is 0 Å². The maximum absolute atomic E-state index is 12.8. The van der Waals surface area contributed by atoms with Gasteiger partial charge in [-0.05, 0) is 48.4 Å². The van der Waals surface area contributed by atoms with Gasteiger partial charge in [0.25, 0.3) is 0 Å². The van der Waals surface area contributed by atoms with Crippen molar-refractivity contribution in [3.8, 4) is 10.4 Å². The summed E-state index contributed by atoms with van der Waals surface area (Å²) in [6.07, 6.45) is 0.781. The minimum absolute atomic E-state index is 0.173. The lowest BCUT2D eigenvalue weighted by atomic mass is 9.88. The molecule has 138 valence electrons. The van der Waals surface area contributed by atoms with Crippen molar-refractivity contribution in [2.45, 2.75) is 18.4 Å². The molecule has 1 fully saturated rings. The maximum Gasteiger partial charge on any atom is 0.338 e. The number of carbonyl (C=O) groups is 1. The zero-order valence-corrected chi connectivity index (χ0v) is 16.3. The summed E-state index contributed by atoms with van der Waals surface area (Å²) < 4.78 is 6.65. The molecule has 2 aromatic carbocycles. The van der Waals surface area contributed by atoms with Crippen LogP contribution in [0.5, 0.6) is 0 Å². The van der Waals surface area contributed by atoms with Gasteiger partial charge in [0, 0.05) is 17.3 Å². The molecule has 0 bridgehead atoms. The normalized spacial score (nSPS) is 19.6. The van der Waals surface area contributed by atoms with Crippen LogP contribution in [-0.2, 0) is 4.74 Å². The molecule has 4 rings (SSSR count). The monoisotopic (exact) mass is 397 g/mol. The number of piperidine rings is 1. The molecular formula is C22H20ClNO2S. The average Bonchev–Trinajstić information content (AvgIpc) is 3.15. The molecule has 0 amide bonds. The van der Waals surface area contributed by atoms with Gasteiger partial charge in [0.1, 0.15) is 6.10 Å². The van der Waals surface area contributed by atoms with Gasteiger partial charge in [0.15, 0.2) is 0 Å². The second-order valence-corrected chi connectivity index (χ2v) is 8.35. The van der Waals surface area contributed by atoms with E-state index in [0.29, 0.717) is 12.1 Å². The maximum atomic E-state index is 12.8. The number of benzene rings is 2. The third kappa shape index (κ3) is 4.24. The Morgan fingerprint density at radius 3 is 2.70 bits per heavy atom. The standard InChI is InChI=1S/C22H20ClNO2S/c23-21-10-9-20(27-21)16-7-4-8-17(13-16)22(25)26-19-14-24-12-11-18(19)15-5-2-1-3-6-15/h1-10,13,18-19,24H,11-12,14H2/t18-,19+/m0/s1. The van der Waals surface area contributed by atoms with Crippen molar-refractivity contribution in [3.63, 3.8) is 0 Å². The summed E-state index contributed by atoms with van der Waals surface area (Å²) in [5.41, 5.74) is 2.76. The highest BCUT2D eigenvalue weighted by molar-refractivity contribution is 7.19. The van der Waals surface area contributed by atoms with Crippen molar-refractivity contribution < 1.29 is 9.53 Å². The van der Waals surface area contributed by atoms with Crippen LogP contribution in [0.15, 0.2) is 66.7 Å². The predicted molar refractivity (Wildman–Crippen MR) is 111 cm³/mol. The van der Waals surface area contributed by atoms with Gasteiger partial charge in [-0.25, -0.2) is 4.79 Å². The molecule has 2 heterocycles. The van der Waals surface area contributed by atoms with Gasteiger partial charge in [0.2, 0.25) is 0 Å². The summed E-state index contributed by atoms with van der Waals surface area (Å²) in [5.74, 6) is -0.0650. The largest absolute Gasteiger partial charge is 0.457 e. The van der Waals surface area contributed by atoms with Gasteiger partial charge in [-0.2, -0.15) is 0 Å². The van der Waals surface area contributed by atoms with Crippen LogP contribution < -0.4 is 5.32 Å². The first kappa shape index (κ1) is 18.2. The van der Waals surface area contributed by atoms with Gasteiger partial charge in [-0.1, -0.05) is 54.1 Å². The first-order valence-corrected chi connectivity index (χ1v) is 10.2. The highest BCUT2D eigenvalue weighted by atomic mass is 35.5. The van der Waals surface area contributed by atoms with Crippen molar-refractivity contribution in [3.05, 3.63) is 82.2 Å². The van der Waals surface area contributed by atoms with E-state index in [1.807, 2.05) is 48.5 Å². The van der Waals surface area contributed by atoms with Crippen LogP contribution in [0.25, 0.3) is 10.4 Å². The molecule has 3 aromatic rings. The topological polar surface area (TPSA) is 38.3 Å². The molecule has 5 heteroatoms. The Hall–Kier alpha value is -2.14. The third-order valence-electron chi connectivity index (χ3n) is 4.87. The van der Waals surface area contributed by atoms with E-state index in [1.54, 1.807) is 6.07 Å². The van der Waals surface area contributed by atoms with E-state index in [2.05, 4.69) is 17.4 Å². The number of halogens is 1. The zero-order valence-electron chi connectivity index (χ0n) is 14.7. The summed E-state index contributed by atoms with van der Waals surface area (Å²) in [6.45, 7) is 1.60. The van der Waals surface area contributed by atoms with Crippen molar-refractivity contribution in [2.24, 2.45) is 0 Å². The van der Waals surface area contributed by atoms with E-state index in [0.717, 1.165) is 27.7 Å². The SMILES string of the molecule is O=C(O[C@@H]1CNCC[C@H]1c1ccccc1)c1cccc(-c2ccc(Cl)s2)c1. The average molecular weight is 398 g/mol. The second kappa shape index (κ2) is 8.26. The molecule has 0 saturated carbocycles. The molecule has 1 aliphatic heterocycles. The molecular weight excluding hydrogens is 378 g/mol. The number of rotatable bonds is 4. The second-order valence-electron chi connectivity index (χ2n) is 6.64. The van der Waals surface area contributed by atoms with E-state index in [9.17, 15) is 4.79 Å². The lowest BCUT2D eigenvalue weighted by molar-refractivity contribution is 0.0182. The fraction of sp³-hybridized carbons (Fsp3) is 0.227. The molecule has 2 atom stereocenters. The summed E-state index contributed by atoms with van der Waals surface area (Å²) in [6, 6.07) is 21.7. The smallest absolute Gasteiger partial charge is 0.338 e. The number of esters is 1. The Labute approximate surface area is 167 Å². The van der Waals surface area contributed by atoms with Crippen LogP contribution >= 0.6 is 22.9 Å². The van der Waals surface area contributed by atoms with E-state index in [-0.39, 0.29) is 18.0 Å². The van der Waals surface area contributed by atoms with E-state index in [4.69, 9.17) is 16.3 Å². The van der Waals surface area contributed by atoms with Crippen LogP contribution in [0, 0.1) is 0 Å². The quantitative estimate of drug-likeness (QED) is 0.601. The molecule has 1 saturated heterocycles. The molecule has 0 aliphatic carbocycles. The van der Waals surface area contributed by atoms with Gasteiger partial charge < -0.3 is 10.1 Å². The van der Waals surface area contributed by atoms with E-state index in [1.165, 1.54) is 16.9 Å². The minimum atomic E-state index is -0.283. The molecule has 27 heavy (non-hydrogen) atoms. The molecule has 1 N–H and O–H groups in total. The molecule has 0 radical (unpaired) electrons. The number of hydrogen-bond donors (Lipinski definition) is 1. The summed E-state index contributed by atoms with van der Waals surface area (Å²) in [5, 5.41) is 3.34. The predicted octanol–water partition coefficient (Wildman–Crippen LogP) is 5.37. The first-order valence-electron chi connectivity index (χ1n) is 9.03. The number of ether oxygens (including phenoxy) is 1. The molecule has 0 spiro atoms. The molecule has 3 nitrogen and oxygen atoms in total. The zero-order chi connectivity index (χ0) is 18.6. The molecule has 0 unspecified atom stereocenters. The number of carbonyl (C=O) groups excluding carboxylic acids is 1. The summed E-state index contributed by atoms with van der Waals surface area (Å²) >= 11 is 7.53. The Morgan fingerprint density at radius 2 is 1.93 bits per heavy atom. The van der Waals surface area contributed by atoms with E-state index >= 15 is 0 Å². The lowest BCUT2D eigenvalue weighted by Gasteiger charge is -2.32. The highest BCUT2D eigenvalue weighted by Crippen LogP contribution is 2.32. The van der Waals surface area contributed by atoms with Crippen molar-refractivity contribution in [2.75, 3.05) is 13.1 Å². The fourth-order valence-electron chi connectivity index (χ4n) is 3.51. The van der Waals surface area contributed by atoms with Gasteiger partial charge in [-0.15, -0.1) is 11.3 Å². The Bertz CT molecular complexity index is 925. The van der Waals surface area contributed by atoms with Crippen molar-refractivity contribution in [1.82, 2.24) is 5.32 Å². The Morgan fingerprint density at radius 1 is 1.07 bits per heavy atom. The Balaban J connectivity index is 1.52. The van der Waals surface area contributed by atoms with Crippen LogP contribution in [0.2, 0.25) is 4.34 Å². The Kier molecular flexibility index (Phi) is 5.58. The number of nitrogens with one attached hydrogen (secondary N) is 1. The first-order chi connectivity index (χ1) is 13.2. The molecule has 1 aliphatic rings. The minimum Gasteiger partial charge on any atom is -0.457 e. The lowest BCUT2D eigenvalue weighted by Crippen LogP contribution is -2.42. The van der Waals surface area contributed by atoms with Crippen molar-refractivity contribution in [1.29, 1.82) is 0 Å². The van der Waals surface area contributed by atoms with Gasteiger partial charge >= 0.3 is 5.97 Å². The summed E-state index contributed by atoms with van der Waals surface area (Å²) in [4.78, 5) is 13.8. The van der Waals surface area contributed by atoms with Gasteiger partial charge in [0.05, 0.1) is 9.90 Å². The highest BCUT2D eigenvalue weighted by Gasteiger charge is 2.29. The number of hydrogen-bond acceptors (Lipinski definition) is 4. The van der Waals surface area contributed by atoms with Crippen molar-refractivity contribution >= 4 is 28.9 Å². The van der Waals surface area contributed by atoms with Crippen LogP contribution in [0.4, 0.5) is 0 Å². The fourth-order valence-corrected chi connectivity index (χ4v) is 4.55. The van der Waals surface area contributed by atoms with Crippen LogP contribution in [-0.4, -0.2) is 25.2 Å².